The third kappa shape index (κ3) is 4.92. The summed E-state index contributed by atoms with van der Waals surface area (Å²) in [4.78, 5) is 1.20. The van der Waals surface area contributed by atoms with Crippen molar-refractivity contribution >= 4 is 15.7 Å². The standard InChI is InChI=1S/C13H22FN3O3S/c1-9-5-10(14)12(6-11(9)15)21(19,20)16-7-13(2,18)8-17(3)4/h5-6,16,18H,7-8,15H2,1-4H3. The number of aliphatic hydroxyl groups is 1. The van der Waals surface area contributed by atoms with Crippen molar-refractivity contribution in [3.05, 3.63) is 23.5 Å². The highest BCUT2D eigenvalue weighted by molar-refractivity contribution is 7.89. The Labute approximate surface area is 124 Å². The lowest BCUT2D eigenvalue weighted by Crippen LogP contribution is -2.47. The number of nitrogens with zero attached hydrogens (tertiary/aromatic N) is 1. The molecule has 1 aromatic rings. The fourth-order valence-corrected chi connectivity index (χ4v) is 3.19. The van der Waals surface area contributed by atoms with Gasteiger partial charge in [-0.05, 0) is 45.6 Å². The van der Waals surface area contributed by atoms with Crippen molar-refractivity contribution in [2.45, 2.75) is 24.3 Å². The number of rotatable bonds is 6. The van der Waals surface area contributed by atoms with E-state index in [1.54, 1.807) is 25.9 Å². The molecule has 4 N–H and O–H groups in total. The second-order valence-corrected chi connectivity index (χ2v) is 7.43. The first-order valence-electron chi connectivity index (χ1n) is 6.37. The van der Waals surface area contributed by atoms with Gasteiger partial charge < -0.3 is 15.7 Å². The number of nitrogens with one attached hydrogen (secondary N) is 1. The summed E-state index contributed by atoms with van der Waals surface area (Å²) >= 11 is 0. The summed E-state index contributed by atoms with van der Waals surface area (Å²) in [6.45, 7) is 3.11. The molecule has 0 aliphatic carbocycles. The van der Waals surface area contributed by atoms with Gasteiger partial charge in [0.25, 0.3) is 0 Å². The van der Waals surface area contributed by atoms with Gasteiger partial charge in [0.1, 0.15) is 10.7 Å². The average Bonchev–Trinajstić information content (AvgIpc) is 2.30. The first-order valence-corrected chi connectivity index (χ1v) is 7.85. The maximum atomic E-state index is 13.8. The highest BCUT2D eigenvalue weighted by Gasteiger charge is 2.26. The maximum absolute atomic E-state index is 13.8. The van der Waals surface area contributed by atoms with Gasteiger partial charge in [0.15, 0.2) is 0 Å². The molecule has 21 heavy (non-hydrogen) atoms. The van der Waals surface area contributed by atoms with Crippen LogP contribution < -0.4 is 10.5 Å². The summed E-state index contributed by atoms with van der Waals surface area (Å²) in [7, 11) is -0.576. The summed E-state index contributed by atoms with van der Waals surface area (Å²) in [5.74, 6) is -0.874. The van der Waals surface area contributed by atoms with Crippen molar-refractivity contribution in [2.75, 3.05) is 32.9 Å². The summed E-state index contributed by atoms with van der Waals surface area (Å²) in [5.41, 5.74) is 5.00. The number of halogens is 1. The molecule has 0 saturated heterocycles. The third-order valence-electron chi connectivity index (χ3n) is 2.91. The predicted octanol–water partition coefficient (Wildman–Crippen LogP) is 0.307. The number of anilines is 1. The van der Waals surface area contributed by atoms with Crippen LogP contribution >= 0.6 is 0 Å². The van der Waals surface area contributed by atoms with E-state index in [2.05, 4.69) is 4.72 Å². The van der Waals surface area contributed by atoms with Gasteiger partial charge >= 0.3 is 0 Å². The average molecular weight is 319 g/mol. The van der Waals surface area contributed by atoms with E-state index in [0.29, 0.717) is 5.56 Å². The van der Waals surface area contributed by atoms with Gasteiger partial charge in [-0.1, -0.05) is 0 Å². The molecule has 0 heterocycles. The molecule has 0 spiro atoms. The lowest BCUT2D eigenvalue weighted by atomic mass is 10.1. The molecule has 1 unspecified atom stereocenters. The van der Waals surface area contributed by atoms with Gasteiger partial charge in [-0.25, -0.2) is 17.5 Å². The van der Waals surface area contributed by atoms with Crippen LogP contribution in [0.15, 0.2) is 17.0 Å². The predicted molar refractivity (Wildman–Crippen MR) is 79.9 cm³/mol. The van der Waals surface area contributed by atoms with Crippen LogP contribution in [-0.2, 0) is 10.0 Å². The number of nitrogens with two attached hydrogens (primary N) is 1. The van der Waals surface area contributed by atoms with E-state index in [9.17, 15) is 17.9 Å². The van der Waals surface area contributed by atoms with Crippen molar-refractivity contribution in [1.29, 1.82) is 0 Å². The summed E-state index contributed by atoms with van der Waals surface area (Å²) in [6.07, 6.45) is 0. The minimum atomic E-state index is -4.08. The molecule has 0 aliphatic rings. The fraction of sp³-hybridized carbons (Fsp3) is 0.538. The summed E-state index contributed by atoms with van der Waals surface area (Å²) in [5, 5.41) is 10.1. The van der Waals surface area contributed by atoms with Crippen LogP contribution in [0.1, 0.15) is 12.5 Å². The molecule has 0 amide bonds. The molecule has 120 valence electrons. The molecule has 6 nitrogen and oxygen atoms in total. The molecule has 1 rings (SSSR count). The van der Waals surface area contributed by atoms with Gasteiger partial charge in [-0.15, -0.1) is 0 Å². The van der Waals surface area contributed by atoms with Crippen LogP contribution in [0.3, 0.4) is 0 Å². The fourth-order valence-electron chi connectivity index (χ4n) is 1.94. The van der Waals surface area contributed by atoms with Crippen molar-refractivity contribution < 1.29 is 17.9 Å². The second-order valence-electron chi connectivity index (χ2n) is 5.70. The van der Waals surface area contributed by atoms with Gasteiger partial charge in [0.2, 0.25) is 10.0 Å². The minimum Gasteiger partial charge on any atom is -0.398 e. The Balaban J connectivity index is 2.95. The van der Waals surface area contributed by atoms with Crippen LogP contribution in [0.4, 0.5) is 10.1 Å². The van der Waals surface area contributed by atoms with Gasteiger partial charge in [0, 0.05) is 18.8 Å². The van der Waals surface area contributed by atoms with E-state index >= 15 is 0 Å². The topological polar surface area (TPSA) is 95.7 Å². The van der Waals surface area contributed by atoms with Crippen LogP contribution in [0.5, 0.6) is 0 Å². The van der Waals surface area contributed by atoms with Crippen LogP contribution in [-0.4, -0.2) is 51.2 Å². The van der Waals surface area contributed by atoms with Crippen molar-refractivity contribution in [1.82, 2.24) is 9.62 Å². The Morgan fingerprint density at radius 2 is 2.00 bits per heavy atom. The molecule has 1 aromatic carbocycles. The third-order valence-corrected chi connectivity index (χ3v) is 4.33. The highest BCUT2D eigenvalue weighted by atomic mass is 32.2. The van der Waals surface area contributed by atoms with E-state index in [0.717, 1.165) is 12.1 Å². The summed E-state index contributed by atoms with van der Waals surface area (Å²) in [6, 6.07) is 2.15. The zero-order chi connectivity index (χ0) is 16.4. The van der Waals surface area contributed by atoms with Crippen LogP contribution in [0.2, 0.25) is 0 Å². The lowest BCUT2D eigenvalue weighted by Gasteiger charge is -2.27. The Hall–Kier alpha value is -1.22. The molecule has 0 aliphatic heterocycles. The van der Waals surface area contributed by atoms with E-state index in [-0.39, 0.29) is 18.8 Å². The molecule has 0 fully saturated rings. The number of hydrogen-bond donors (Lipinski definition) is 3. The van der Waals surface area contributed by atoms with E-state index in [4.69, 9.17) is 5.73 Å². The Morgan fingerprint density at radius 3 is 2.52 bits per heavy atom. The van der Waals surface area contributed by atoms with Crippen molar-refractivity contribution in [3.63, 3.8) is 0 Å². The number of nitrogen functional groups attached to an aromatic ring is 1. The second kappa shape index (κ2) is 6.27. The maximum Gasteiger partial charge on any atom is 0.243 e. The van der Waals surface area contributed by atoms with Gasteiger partial charge in [-0.3, -0.25) is 0 Å². The zero-order valence-corrected chi connectivity index (χ0v) is 13.5. The summed E-state index contributed by atoms with van der Waals surface area (Å²) < 4.78 is 40.3. The quantitative estimate of drug-likeness (QED) is 0.656. The van der Waals surface area contributed by atoms with E-state index < -0.39 is 26.3 Å². The Morgan fingerprint density at radius 1 is 1.43 bits per heavy atom. The van der Waals surface area contributed by atoms with Crippen molar-refractivity contribution in [3.8, 4) is 0 Å². The molecule has 8 heteroatoms. The largest absolute Gasteiger partial charge is 0.398 e. The molecule has 0 radical (unpaired) electrons. The number of aryl methyl sites for hydroxylation is 1. The number of likely N-dealkylation sites (N-methyl/N-ethyl adjacent to an activating group) is 1. The van der Waals surface area contributed by atoms with Crippen LogP contribution in [0, 0.1) is 12.7 Å². The zero-order valence-electron chi connectivity index (χ0n) is 12.6. The van der Waals surface area contributed by atoms with Crippen LogP contribution in [0.25, 0.3) is 0 Å². The van der Waals surface area contributed by atoms with Gasteiger partial charge in [0.05, 0.1) is 5.60 Å². The SMILES string of the molecule is Cc1cc(F)c(S(=O)(=O)NCC(C)(O)CN(C)C)cc1N. The van der Waals surface area contributed by atoms with Crippen molar-refractivity contribution in [2.24, 2.45) is 0 Å². The molecular weight excluding hydrogens is 297 g/mol. The Kier molecular flexibility index (Phi) is 5.32. The normalized spacial score (nSPS) is 15.2. The monoisotopic (exact) mass is 319 g/mol. The highest BCUT2D eigenvalue weighted by Crippen LogP contribution is 2.21. The molecule has 1 atom stereocenters. The number of benzene rings is 1. The molecular formula is C13H22FN3O3S. The number of sulfonamides is 1. The minimum absolute atomic E-state index is 0.192. The first-order chi connectivity index (χ1) is 9.44. The van der Waals surface area contributed by atoms with E-state index in [1.165, 1.54) is 6.92 Å². The number of hydrogen-bond acceptors (Lipinski definition) is 5. The molecule has 0 saturated carbocycles. The van der Waals surface area contributed by atoms with E-state index in [1.807, 2.05) is 0 Å². The smallest absolute Gasteiger partial charge is 0.243 e. The molecule has 0 aromatic heterocycles. The Bertz CT molecular complexity index is 615. The molecule has 0 bridgehead atoms. The lowest BCUT2D eigenvalue weighted by molar-refractivity contribution is 0.0386. The van der Waals surface area contributed by atoms with Gasteiger partial charge in [-0.2, -0.15) is 0 Å². The first kappa shape index (κ1) is 17.8.